The maximum Gasteiger partial charge on any atom is 0.234 e. The molecule has 0 saturated heterocycles. The summed E-state index contributed by atoms with van der Waals surface area (Å²) in [5.41, 5.74) is 0.641. The van der Waals surface area contributed by atoms with Crippen molar-refractivity contribution in [3.05, 3.63) is 18.3 Å². The van der Waals surface area contributed by atoms with Crippen LogP contribution in [0.4, 0.5) is 11.5 Å². The number of pyridine rings is 1. The Labute approximate surface area is 101 Å². The molecule has 0 unspecified atom stereocenters. The highest BCUT2D eigenvalue weighted by Crippen LogP contribution is 2.18. The average molecular weight is 259 g/mol. The van der Waals surface area contributed by atoms with Gasteiger partial charge in [0.1, 0.15) is 0 Å². The van der Waals surface area contributed by atoms with Crippen molar-refractivity contribution >= 4 is 21.5 Å². The topological polar surface area (TPSA) is 91.3 Å². The molecule has 0 amide bonds. The van der Waals surface area contributed by atoms with E-state index in [2.05, 4.69) is 15.0 Å². The predicted octanol–water partition coefficient (Wildman–Crippen LogP) is 0.637. The second kappa shape index (κ2) is 6.41. The fourth-order valence-electron chi connectivity index (χ4n) is 1.27. The SMILES string of the molecule is CCNc1cccnc1NS(=O)(=O)CCCO. The average Bonchev–Trinajstić information content (AvgIpc) is 2.29. The third-order valence-corrected chi connectivity index (χ3v) is 3.33. The molecule has 6 nitrogen and oxygen atoms in total. The van der Waals surface area contributed by atoms with Crippen LogP contribution in [0.1, 0.15) is 13.3 Å². The lowest BCUT2D eigenvalue weighted by Gasteiger charge is -2.11. The first kappa shape index (κ1) is 13.7. The van der Waals surface area contributed by atoms with Gasteiger partial charge in [-0.05, 0) is 25.5 Å². The van der Waals surface area contributed by atoms with Crippen LogP contribution in [0.15, 0.2) is 18.3 Å². The molecule has 17 heavy (non-hydrogen) atoms. The minimum absolute atomic E-state index is 0.119. The largest absolute Gasteiger partial charge is 0.396 e. The van der Waals surface area contributed by atoms with Crippen molar-refractivity contribution in [3.63, 3.8) is 0 Å². The highest BCUT2D eigenvalue weighted by molar-refractivity contribution is 7.92. The normalized spacial score (nSPS) is 11.2. The lowest BCUT2D eigenvalue weighted by Crippen LogP contribution is -2.19. The zero-order valence-electron chi connectivity index (χ0n) is 9.68. The highest BCUT2D eigenvalue weighted by Gasteiger charge is 2.12. The maximum absolute atomic E-state index is 11.6. The maximum atomic E-state index is 11.6. The Bertz CT molecular complexity index is 448. The summed E-state index contributed by atoms with van der Waals surface area (Å²) in [5.74, 6) is 0.165. The Morgan fingerprint density at radius 1 is 1.47 bits per heavy atom. The first-order chi connectivity index (χ1) is 8.09. The quantitative estimate of drug-likeness (QED) is 0.668. The van der Waals surface area contributed by atoms with Gasteiger partial charge < -0.3 is 10.4 Å². The van der Waals surface area contributed by atoms with Crippen LogP contribution in [-0.2, 0) is 10.0 Å². The van der Waals surface area contributed by atoms with Crippen molar-refractivity contribution < 1.29 is 13.5 Å². The van der Waals surface area contributed by atoms with Crippen molar-refractivity contribution in [2.24, 2.45) is 0 Å². The van der Waals surface area contributed by atoms with E-state index < -0.39 is 10.0 Å². The lowest BCUT2D eigenvalue weighted by molar-refractivity contribution is 0.295. The molecule has 0 fully saturated rings. The van der Waals surface area contributed by atoms with Crippen LogP contribution in [0.2, 0.25) is 0 Å². The molecule has 1 aromatic heterocycles. The van der Waals surface area contributed by atoms with Crippen molar-refractivity contribution in [1.82, 2.24) is 4.98 Å². The van der Waals surface area contributed by atoms with Crippen LogP contribution in [-0.4, -0.2) is 37.4 Å². The van der Waals surface area contributed by atoms with Crippen molar-refractivity contribution in [3.8, 4) is 0 Å². The molecule has 96 valence electrons. The number of aliphatic hydroxyl groups is 1. The summed E-state index contributed by atoms with van der Waals surface area (Å²) >= 11 is 0. The lowest BCUT2D eigenvalue weighted by atomic mass is 10.4. The number of hydrogen-bond donors (Lipinski definition) is 3. The van der Waals surface area contributed by atoms with Gasteiger partial charge in [0, 0.05) is 19.3 Å². The number of nitrogens with zero attached hydrogens (tertiary/aromatic N) is 1. The van der Waals surface area contributed by atoms with E-state index in [4.69, 9.17) is 5.11 Å². The molecule has 0 atom stereocenters. The van der Waals surface area contributed by atoms with Crippen molar-refractivity contribution in [2.45, 2.75) is 13.3 Å². The van der Waals surface area contributed by atoms with Crippen LogP contribution in [0, 0.1) is 0 Å². The van der Waals surface area contributed by atoms with Gasteiger partial charge >= 0.3 is 0 Å². The van der Waals surface area contributed by atoms with E-state index in [1.165, 1.54) is 6.20 Å². The molecule has 0 bridgehead atoms. The van der Waals surface area contributed by atoms with E-state index in [-0.39, 0.29) is 24.6 Å². The summed E-state index contributed by atoms with van der Waals surface area (Å²) < 4.78 is 25.6. The third kappa shape index (κ3) is 4.58. The number of anilines is 2. The molecule has 0 spiro atoms. The van der Waals surface area contributed by atoms with Gasteiger partial charge in [-0.25, -0.2) is 13.4 Å². The van der Waals surface area contributed by atoms with E-state index in [1.807, 2.05) is 6.92 Å². The minimum Gasteiger partial charge on any atom is -0.396 e. The molecule has 0 aliphatic carbocycles. The molecule has 1 heterocycles. The molecule has 0 saturated carbocycles. The van der Waals surface area contributed by atoms with Gasteiger partial charge in [-0.2, -0.15) is 0 Å². The van der Waals surface area contributed by atoms with Crippen LogP contribution >= 0.6 is 0 Å². The molecule has 0 aliphatic rings. The Balaban J connectivity index is 2.80. The number of aliphatic hydroxyl groups excluding tert-OH is 1. The molecule has 1 aromatic rings. The fourth-order valence-corrected chi connectivity index (χ4v) is 2.34. The second-order valence-electron chi connectivity index (χ2n) is 3.43. The Hall–Kier alpha value is -1.34. The number of rotatable bonds is 7. The first-order valence-electron chi connectivity index (χ1n) is 5.39. The molecular weight excluding hydrogens is 242 g/mol. The van der Waals surface area contributed by atoms with Gasteiger partial charge in [0.2, 0.25) is 10.0 Å². The predicted molar refractivity (Wildman–Crippen MR) is 67.5 cm³/mol. The number of hydrogen-bond acceptors (Lipinski definition) is 5. The van der Waals surface area contributed by atoms with Gasteiger partial charge in [-0.15, -0.1) is 0 Å². The van der Waals surface area contributed by atoms with Crippen molar-refractivity contribution in [2.75, 3.05) is 28.9 Å². The number of sulfonamides is 1. The van der Waals surface area contributed by atoms with E-state index in [0.717, 1.165) is 0 Å². The van der Waals surface area contributed by atoms with Gasteiger partial charge in [0.05, 0.1) is 11.4 Å². The summed E-state index contributed by atoms with van der Waals surface area (Å²) in [7, 11) is -3.45. The Morgan fingerprint density at radius 2 is 2.24 bits per heavy atom. The highest BCUT2D eigenvalue weighted by atomic mass is 32.2. The van der Waals surface area contributed by atoms with Crippen LogP contribution in [0.3, 0.4) is 0 Å². The molecule has 0 aromatic carbocycles. The van der Waals surface area contributed by atoms with Gasteiger partial charge in [-0.3, -0.25) is 4.72 Å². The first-order valence-corrected chi connectivity index (χ1v) is 7.04. The number of nitrogens with one attached hydrogen (secondary N) is 2. The third-order valence-electron chi connectivity index (χ3n) is 2.00. The zero-order chi connectivity index (χ0) is 12.7. The molecule has 0 radical (unpaired) electrons. The summed E-state index contributed by atoms with van der Waals surface area (Å²) in [4.78, 5) is 3.98. The van der Waals surface area contributed by atoms with E-state index in [1.54, 1.807) is 12.1 Å². The molecule has 1 rings (SSSR count). The summed E-state index contributed by atoms with van der Waals surface area (Å²) in [6, 6.07) is 3.48. The van der Waals surface area contributed by atoms with Gasteiger partial charge in [0.25, 0.3) is 0 Å². The molecule has 7 heteroatoms. The van der Waals surface area contributed by atoms with E-state index >= 15 is 0 Å². The summed E-state index contributed by atoms with van der Waals surface area (Å²) in [6.45, 7) is 2.44. The smallest absolute Gasteiger partial charge is 0.234 e. The Morgan fingerprint density at radius 3 is 2.88 bits per heavy atom. The van der Waals surface area contributed by atoms with Crippen LogP contribution in [0.5, 0.6) is 0 Å². The standard InChI is InChI=1S/C10H17N3O3S/c1-2-11-9-5-3-6-12-10(9)13-17(15,16)8-4-7-14/h3,5-6,11,14H,2,4,7-8H2,1H3,(H,12,13). The van der Waals surface area contributed by atoms with Gasteiger partial charge in [0.15, 0.2) is 5.82 Å². The zero-order valence-corrected chi connectivity index (χ0v) is 10.5. The summed E-state index contributed by atoms with van der Waals surface area (Å²) in [5, 5.41) is 11.6. The summed E-state index contributed by atoms with van der Waals surface area (Å²) in [6.07, 6.45) is 1.73. The minimum atomic E-state index is -3.45. The number of aromatic nitrogens is 1. The molecular formula is C10H17N3O3S. The molecule has 3 N–H and O–H groups in total. The van der Waals surface area contributed by atoms with E-state index in [0.29, 0.717) is 12.2 Å². The monoisotopic (exact) mass is 259 g/mol. The second-order valence-corrected chi connectivity index (χ2v) is 5.27. The molecule has 0 aliphatic heterocycles. The van der Waals surface area contributed by atoms with Gasteiger partial charge in [-0.1, -0.05) is 0 Å². The van der Waals surface area contributed by atoms with E-state index in [9.17, 15) is 8.42 Å². The Kier molecular flexibility index (Phi) is 5.17. The van der Waals surface area contributed by atoms with Crippen LogP contribution in [0.25, 0.3) is 0 Å². The van der Waals surface area contributed by atoms with Crippen molar-refractivity contribution in [1.29, 1.82) is 0 Å². The fraction of sp³-hybridized carbons (Fsp3) is 0.500. The van der Waals surface area contributed by atoms with Crippen LogP contribution < -0.4 is 10.0 Å².